The van der Waals surface area contributed by atoms with Gasteiger partial charge >= 0.3 is 0 Å². The molecule has 0 N–H and O–H groups in total. The van der Waals surface area contributed by atoms with E-state index >= 15 is 0 Å². The van der Waals surface area contributed by atoms with E-state index in [0.29, 0.717) is 6.61 Å². The largest absolute Gasteiger partial charge is 0.485 e. The van der Waals surface area contributed by atoms with Gasteiger partial charge in [-0.3, -0.25) is 9.97 Å². The molecule has 0 spiro atoms. The van der Waals surface area contributed by atoms with Gasteiger partial charge in [-0.2, -0.15) is 0 Å². The summed E-state index contributed by atoms with van der Waals surface area (Å²) in [6.07, 6.45) is 5.23. The maximum absolute atomic E-state index is 5.61. The van der Waals surface area contributed by atoms with Gasteiger partial charge in [-0.1, -0.05) is 6.07 Å². The Kier molecular flexibility index (Phi) is 3.47. The van der Waals surface area contributed by atoms with Crippen molar-refractivity contribution in [2.45, 2.75) is 6.61 Å². The Morgan fingerprint density at radius 2 is 1.89 bits per heavy atom. The average Bonchev–Trinajstić information content (AvgIpc) is 3.00. The summed E-state index contributed by atoms with van der Waals surface area (Å²) in [7, 11) is 0. The summed E-state index contributed by atoms with van der Waals surface area (Å²) in [5, 5.41) is 2.88. The molecule has 0 saturated heterocycles. The van der Waals surface area contributed by atoms with Crippen LogP contribution in [0.15, 0.2) is 54.3 Å². The molecule has 19 heavy (non-hydrogen) atoms. The number of ether oxygens (including phenoxy) is 1. The summed E-state index contributed by atoms with van der Waals surface area (Å²) >= 11 is 1.58. The first kappa shape index (κ1) is 11.8. The highest BCUT2D eigenvalue weighted by Crippen LogP contribution is 2.18. The molecule has 5 heteroatoms. The maximum atomic E-state index is 5.61. The van der Waals surface area contributed by atoms with E-state index in [1.54, 1.807) is 29.9 Å². The number of hydrogen-bond acceptors (Lipinski definition) is 5. The van der Waals surface area contributed by atoms with Gasteiger partial charge in [-0.25, -0.2) is 4.98 Å². The zero-order valence-electron chi connectivity index (χ0n) is 10.1. The van der Waals surface area contributed by atoms with Gasteiger partial charge in [0, 0.05) is 17.8 Å². The molecular formula is C14H11N3OS. The first-order chi connectivity index (χ1) is 9.42. The molecule has 0 aliphatic heterocycles. The highest BCUT2D eigenvalue weighted by molar-refractivity contribution is 7.09. The highest BCUT2D eigenvalue weighted by atomic mass is 32.1. The standard InChI is InChI=1S/C14H11N3OS/c1-2-6-15-12(3-1)13-5-4-11(9-17-13)18-10-14-16-7-8-19-14/h1-9H,10H2. The lowest BCUT2D eigenvalue weighted by atomic mass is 10.2. The van der Waals surface area contributed by atoms with E-state index in [9.17, 15) is 0 Å². The second-order valence-corrected chi connectivity index (χ2v) is 4.79. The van der Waals surface area contributed by atoms with E-state index < -0.39 is 0 Å². The molecule has 0 unspecified atom stereocenters. The molecular weight excluding hydrogens is 258 g/mol. The van der Waals surface area contributed by atoms with Gasteiger partial charge in [0.15, 0.2) is 0 Å². The van der Waals surface area contributed by atoms with Gasteiger partial charge in [-0.15, -0.1) is 11.3 Å². The van der Waals surface area contributed by atoms with Crippen molar-refractivity contribution in [1.82, 2.24) is 15.0 Å². The van der Waals surface area contributed by atoms with E-state index in [2.05, 4.69) is 15.0 Å². The molecule has 0 saturated carbocycles. The molecule has 0 aromatic carbocycles. The number of pyridine rings is 2. The minimum Gasteiger partial charge on any atom is -0.485 e. The number of nitrogens with zero attached hydrogens (tertiary/aromatic N) is 3. The fourth-order valence-electron chi connectivity index (χ4n) is 1.60. The van der Waals surface area contributed by atoms with E-state index in [1.807, 2.05) is 35.7 Å². The second-order valence-electron chi connectivity index (χ2n) is 3.81. The monoisotopic (exact) mass is 269 g/mol. The zero-order chi connectivity index (χ0) is 12.9. The third-order valence-corrected chi connectivity index (χ3v) is 3.26. The summed E-state index contributed by atoms with van der Waals surface area (Å²) in [5.74, 6) is 0.731. The van der Waals surface area contributed by atoms with Crippen LogP contribution in [0.5, 0.6) is 5.75 Å². The fourth-order valence-corrected chi connectivity index (χ4v) is 2.13. The number of rotatable bonds is 4. The molecule has 0 aliphatic rings. The van der Waals surface area contributed by atoms with Crippen LogP contribution >= 0.6 is 11.3 Å². The van der Waals surface area contributed by atoms with Crippen LogP contribution in [0, 0.1) is 0 Å². The van der Waals surface area contributed by atoms with E-state index in [4.69, 9.17) is 4.74 Å². The minimum absolute atomic E-state index is 0.474. The summed E-state index contributed by atoms with van der Waals surface area (Å²) < 4.78 is 5.61. The van der Waals surface area contributed by atoms with Gasteiger partial charge in [0.25, 0.3) is 0 Å². The Labute approximate surface area is 114 Å². The first-order valence-corrected chi connectivity index (χ1v) is 6.68. The van der Waals surface area contributed by atoms with Crippen LogP contribution in [0.25, 0.3) is 11.4 Å². The quantitative estimate of drug-likeness (QED) is 0.730. The molecule has 4 nitrogen and oxygen atoms in total. The van der Waals surface area contributed by atoms with Crippen molar-refractivity contribution in [3.05, 3.63) is 59.3 Å². The third kappa shape index (κ3) is 2.95. The van der Waals surface area contributed by atoms with Crippen LogP contribution in [0.4, 0.5) is 0 Å². The van der Waals surface area contributed by atoms with Crippen molar-refractivity contribution >= 4 is 11.3 Å². The van der Waals surface area contributed by atoms with Crippen molar-refractivity contribution in [2.24, 2.45) is 0 Å². The van der Waals surface area contributed by atoms with Crippen molar-refractivity contribution in [3.63, 3.8) is 0 Å². The topological polar surface area (TPSA) is 47.9 Å². The molecule has 0 amide bonds. The van der Waals surface area contributed by atoms with Crippen molar-refractivity contribution in [1.29, 1.82) is 0 Å². The maximum Gasteiger partial charge on any atom is 0.140 e. The van der Waals surface area contributed by atoms with E-state index in [1.165, 1.54) is 0 Å². The van der Waals surface area contributed by atoms with E-state index in [0.717, 1.165) is 22.1 Å². The molecule has 0 aliphatic carbocycles. The fraction of sp³-hybridized carbons (Fsp3) is 0.0714. The molecule has 3 aromatic rings. The van der Waals surface area contributed by atoms with Crippen LogP contribution < -0.4 is 4.74 Å². The SMILES string of the molecule is c1ccc(-c2ccc(OCc3nccs3)cn2)nc1. The Bertz CT molecular complexity index is 624. The molecule has 94 valence electrons. The zero-order valence-corrected chi connectivity index (χ0v) is 10.9. The summed E-state index contributed by atoms with van der Waals surface area (Å²) in [5.41, 5.74) is 1.69. The molecule has 3 rings (SSSR count). The van der Waals surface area contributed by atoms with E-state index in [-0.39, 0.29) is 0 Å². The predicted octanol–water partition coefficient (Wildman–Crippen LogP) is 3.18. The Morgan fingerprint density at radius 1 is 0.947 bits per heavy atom. The highest BCUT2D eigenvalue weighted by Gasteiger charge is 2.02. The predicted molar refractivity (Wildman–Crippen MR) is 73.9 cm³/mol. The minimum atomic E-state index is 0.474. The normalized spacial score (nSPS) is 10.3. The summed E-state index contributed by atoms with van der Waals surface area (Å²) in [6, 6.07) is 9.55. The molecule has 0 fully saturated rings. The number of aromatic nitrogens is 3. The lowest BCUT2D eigenvalue weighted by Crippen LogP contribution is -1.95. The van der Waals surface area contributed by atoms with Crippen LogP contribution in [0.1, 0.15) is 5.01 Å². The van der Waals surface area contributed by atoms with Gasteiger partial charge in [0.05, 0.1) is 17.6 Å². The van der Waals surface area contributed by atoms with Gasteiger partial charge in [0.2, 0.25) is 0 Å². The molecule has 0 atom stereocenters. The smallest absolute Gasteiger partial charge is 0.140 e. The Hall–Kier alpha value is -2.27. The van der Waals surface area contributed by atoms with Gasteiger partial charge < -0.3 is 4.74 Å². The van der Waals surface area contributed by atoms with Crippen LogP contribution in [-0.2, 0) is 6.61 Å². The van der Waals surface area contributed by atoms with Crippen LogP contribution in [0.2, 0.25) is 0 Å². The molecule has 3 heterocycles. The Morgan fingerprint density at radius 3 is 2.58 bits per heavy atom. The average molecular weight is 269 g/mol. The van der Waals surface area contributed by atoms with Gasteiger partial charge in [-0.05, 0) is 24.3 Å². The third-order valence-electron chi connectivity index (χ3n) is 2.51. The number of thiazole rings is 1. The molecule has 0 radical (unpaired) electrons. The second kappa shape index (κ2) is 5.58. The van der Waals surface area contributed by atoms with Crippen molar-refractivity contribution in [3.8, 4) is 17.1 Å². The van der Waals surface area contributed by atoms with Gasteiger partial charge in [0.1, 0.15) is 17.4 Å². The summed E-state index contributed by atoms with van der Waals surface area (Å²) in [4.78, 5) is 12.8. The van der Waals surface area contributed by atoms with Crippen LogP contribution in [0.3, 0.4) is 0 Å². The number of hydrogen-bond donors (Lipinski definition) is 0. The molecule has 3 aromatic heterocycles. The van der Waals surface area contributed by atoms with Crippen LogP contribution in [-0.4, -0.2) is 15.0 Å². The lowest BCUT2D eigenvalue weighted by Gasteiger charge is -2.04. The van der Waals surface area contributed by atoms with Crippen molar-refractivity contribution in [2.75, 3.05) is 0 Å². The first-order valence-electron chi connectivity index (χ1n) is 5.80. The summed E-state index contributed by atoms with van der Waals surface area (Å²) in [6.45, 7) is 0.474. The van der Waals surface area contributed by atoms with Crippen molar-refractivity contribution < 1.29 is 4.74 Å². The Balaban J connectivity index is 1.69. The molecule has 0 bridgehead atoms. The lowest BCUT2D eigenvalue weighted by molar-refractivity contribution is 0.304.